The first-order valence-corrected chi connectivity index (χ1v) is 14.3. The van der Waals surface area contributed by atoms with Crippen LogP contribution in [0.2, 0.25) is 0 Å². The summed E-state index contributed by atoms with van der Waals surface area (Å²) in [5.74, 6) is -3.45. The predicted molar refractivity (Wildman–Crippen MR) is 154 cm³/mol. The van der Waals surface area contributed by atoms with Crippen molar-refractivity contribution in [3.63, 3.8) is 0 Å². The summed E-state index contributed by atoms with van der Waals surface area (Å²) in [5, 5.41) is 12.2. The van der Waals surface area contributed by atoms with Gasteiger partial charge < -0.3 is 21.3 Å². The third kappa shape index (κ3) is 8.58. The molecule has 0 unspecified atom stereocenters. The van der Waals surface area contributed by atoms with E-state index in [1.807, 2.05) is 45.9 Å². The number of carbonyl (C=O) groups is 2. The lowest BCUT2D eigenvalue weighted by molar-refractivity contribution is -0.126. The smallest absolute Gasteiger partial charge is 0.254 e. The van der Waals surface area contributed by atoms with E-state index in [4.69, 9.17) is 0 Å². The molecule has 11 heteroatoms. The van der Waals surface area contributed by atoms with Crippen LogP contribution in [0.1, 0.15) is 70.7 Å². The molecule has 39 heavy (non-hydrogen) atoms. The Kier molecular flexibility index (Phi) is 10.6. The molecule has 0 aliphatic heterocycles. The molecule has 1 aromatic carbocycles. The summed E-state index contributed by atoms with van der Waals surface area (Å²) in [4.78, 5) is 33.9. The minimum Gasteiger partial charge on any atom is -0.382 e. The van der Waals surface area contributed by atoms with E-state index in [9.17, 15) is 18.4 Å². The van der Waals surface area contributed by atoms with Crippen molar-refractivity contribution in [3.05, 3.63) is 41.5 Å². The first-order chi connectivity index (χ1) is 18.6. The molecule has 1 saturated carbocycles. The maximum atomic E-state index is 13.4. The van der Waals surface area contributed by atoms with Gasteiger partial charge in [0.1, 0.15) is 5.82 Å². The number of rotatable bonds is 10. The average molecular weight is 561 g/mol. The summed E-state index contributed by atoms with van der Waals surface area (Å²) in [6.45, 7) is 10.1. The fraction of sp³-hybridized carbons (Fsp3) is 0.500. The highest BCUT2D eigenvalue weighted by molar-refractivity contribution is 7.16. The second-order valence-electron chi connectivity index (χ2n) is 9.82. The van der Waals surface area contributed by atoms with Crippen molar-refractivity contribution >= 4 is 50.6 Å². The third-order valence-electron chi connectivity index (χ3n) is 6.22. The van der Waals surface area contributed by atoms with Crippen LogP contribution in [0.5, 0.6) is 0 Å². The Hall–Kier alpha value is -3.34. The van der Waals surface area contributed by atoms with Crippen molar-refractivity contribution in [2.45, 2.75) is 78.3 Å². The Morgan fingerprint density at radius 3 is 2.62 bits per heavy atom. The van der Waals surface area contributed by atoms with Crippen molar-refractivity contribution in [1.82, 2.24) is 20.6 Å². The topological polar surface area (TPSA) is 108 Å². The molecule has 4 N–H and O–H groups in total. The van der Waals surface area contributed by atoms with Crippen LogP contribution in [-0.2, 0) is 4.79 Å². The molecular formula is C28H38F2N6O2S. The van der Waals surface area contributed by atoms with Gasteiger partial charge in [-0.3, -0.25) is 9.59 Å². The van der Waals surface area contributed by atoms with Gasteiger partial charge in [-0.1, -0.05) is 13.8 Å². The quantitative estimate of drug-likeness (QED) is 0.230. The summed E-state index contributed by atoms with van der Waals surface area (Å²) in [7, 11) is 0. The van der Waals surface area contributed by atoms with Crippen LogP contribution in [0.3, 0.4) is 0 Å². The van der Waals surface area contributed by atoms with E-state index in [0.717, 1.165) is 15.9 Å². The number of nitrogens with zero attached hydrogens (tertiary/aromatic N) is 2. The number of anilines is 3. The van der Waals surface area contributed by atoms with E-state index < -0.39 is 18.3 Å². The molecular weight excluding hydrogens is 522 g/mol. The molecule has 1 fully saturated rings. The molecule has 2 aromatic heterocycles. The molecule has 2 heterocycles. The highest BCUT2D eigenvalue weighted by atomic mass is 32.1. The lowest BCUT2D eigenvalue weighted by Gasteiger charge is -2.18. The molecule has 0 bridgehead atoms. The van der Waals surface area contributed by atoms with Gasteiger partial charge in [0.2, 0.25) is 11.8 Å². The molecule has 0 spiro atoms. The van der Waals surface area contributed by atoms with Gasteiger partial charge in [-0.25, -0.2) is 18.7 Å². The lowest BCUT2D eigenvalue weighted by atomic mass is 10.1. The van der Waals surface area contributed by atoms with Crippen molar-refractivity contribution in [3.8, 4) is 0 Å². The molecule has 4 rings (SSSR count). The zero-order valence-electron chi connectivity index (χ0n) is 23.1. The van der Waals surface area contributed by atoms with Crippen molar-refractivity contribution < 1.29 is 18.4 Å². The minimum absolute atomic E-state index is 0.0912. The van der Waals surface area contributed by atoms with Gasteiger partial charge in [0.05, 0.1) is 27.0 Å². The van der Waals surface area contributed by atoms with Crippen molar-refractivity contribution in [2.75, 3.05) is 17.2 Å². The Labute approximate surface area is 232 Å². The Morgan fingerprint density at radius 2 is 1.92 bits per heavy atom. The molecule has 1 aliphatic rings. The lowest BCUT2D eigenvalue weighted by Crippen LogP contribution is -2.39. The second-order valence-corrected chi connectivity index (χ2v) is 10.7. The first kappa shape index (κ1) is 30.2. The normalized spacial score (nSPS) is 16.8. The number of aromatic nitrogens is 2. The number of alkyl halides is 2. The van der Waals surface area contributed by atoms with Gasteiger partial charge in [-0.2, -0.15) is 0 Å². The maximum Gasteiger partial charge on any atom is 0.254 e. The SMILES string of the molecule is CC.CC(C)Nc1cc(Nc2ccc3ncsc3c2)ncc1C(=O)NCC[C@@H](C)NC(=O)[C@@H]1CCC(F)(F)C1. The van der Waals surface area contributed by atoms with E-state index >= 15 is 0 Å². The van der Waals surface area contributed by atoms with Crippen LogP contribution in [0.25, 0.3) is 10.2 Å². The summed E-state index contributed by atoms with van der Waals surface area (Å²) >= 11 is 1.56. The summed E-state index contributed by atoms with van der Waals surface area (Å²) in [6.07, 6.45) is 1.56. The van der Waals surface area contributed by atoms with Crippen LogP contribution >= 0.6 is 11.3 Å². The number of benzene rings is 1. The molecule has 2 atom stereocenters. The summed E-state index contributed by atoms with van der Waals surface area (Å²) in [5.41, 5.74) is 4.66. The maximum absolute atomic E-state index is 13.4. The fourth-order valence-electron chi connectivity index (χ4n) is 4.32. The van der Waals surface area contributed by atoms with Crippen LogP contribution in [0, 0.1) is 5.92 Å². The molecule has 0 radical (unpaired) electrons. The van der Waals surface area contributed by atoms with E-state index in [2.05, 4.69) is 31.2 Å². The molecule has 2 amide bonds. The number of fused-ring (bicyclic) bond motifs is 1. The largest absolute Gasteiger partial charge is 0.382 e. The zero-order chi connectivity index (χ0) is 28.6. The summed E-state index contributed by atoms with van der Waals surface area (Å²) in [6, 6.07) is 7.51. The van der Waals surface area contributed by atoms with E-state index in [1.54, 1.807) is 29.8 Å². The average Bonchev–Trinajstić information content (AvgIpc) is 3.50. The molecule has 1 aliphatic carbocycles. The number of hydrogen-bond donors (Lipinski definition) is 4. The van der Waals surface area contributed by atoms with Gasteiger partial charge in [0, 0.05) is 55.3 Å². The number of nitrogens with one attached hydrogen (secondary N) is 4. The van der Waals surface area contributed by atoms with E-state index in [-0.39, 0.29) is 36.7 Å². The number of thiazole rings is 1. The Morgan fingerprint density at radius 1 is 1.15 bits per heavy atom. The Bertz CT molecular complexity index is 1270. The molecule has 8 nitrogen and oxygen atoms in total. The standard InChI is InChI=1S/C26H32F2N6O2S.C2H6/c1-15(2)32-21-11-23(34-18-4-5-20-22(10-18)37-14-31-20)30-13-19(21)25(36)29-9-7-16(3)33-24(35)17-6-8-26(27,28)12-17;1-2/h4-5,10-11,13-17H,6-9,12H2,1-3H3,(H,29,36)(H,33,35)(H2,30,32,34);1-2H3/t16-,17-;/m1./s1. The molecule has 212 valence electrons. The van der Waals surface area contributed by atoms with Crippen LogP contribution in [0.15, 0.2) is 36.0 Å². The zero-order valence-corrected chi connectivity index (χ0v) is 23.9. The molecule has 3 aromatic rings. The second kappa shape index (κ2) is 13.6. The number of halogens is 2. The highest BCUT2D eigenvalue weighted by Crippen LogP contribution is 2.38. The minimum atomic E-state index is -2.75. The monoisotopic (exact) mass is 560 g/mol. The van der Waals surface area contributed by atoms with Gasteiger partial charge in [-0.15, -0.1) is 11.3 Å². The van der Waals surface area contributed by atoms with Gasteiger partial charge >= 0.3 is 0 Å². The highest BCUT2D eigenvalue weighted by Gasteiger charge is 2.42. The molecule has 0 saturated heterocycles. The van der Waals surface area contributed by atoms with Crippen LogP contribution in [0.4, 0.5) is 26.0 Å². The summed E-state index contributed by atoms with van der Waals surface area (Å²) < 4.78 is 27.8. The van der Waals surface area contributed by atoms with Gasteiger partial charge in [0.25, 0.3) is 5.91 Å². The fourth-order valence-corrected chi connectivity index (χ4v) is 5.04. The van der Waals surface area contributed by atoms with E-state index in [1.165, 1.54) is 6.20 Å². The number of carbonyl (C=O) groups excluding carboxylic acids is 2. The predicted octanol–water partition coefficient (Wildman–Crippen LogP) is 6.34. The number of amides is 2. The van der Waals surface area contributed by atoms with Gasteiger partial charge in [-0.05, 0) is 51.8 Å². The van der Waals surface area contributed by atoms with E-state index in [0.29, 0.717) is 30.0 Å². The van der Waals surface area contributed by atoms with Crippen LogP contribution < -0.4 is 21.3 Å². The van der Waals surface area contributed by atoms with Gasteiger partial charge in [0.15, 0.2) is 0 Å². The van der Waals surface area contributed by atoms with Crippen molar-refractivity contribution in [2.24, 2.45) is 5.92 Å². The first-order valence-electron chi connectivity index (χ1n) is 13.4. The number of hydrogen-bond acceptors (Lipinski definition) is 7. The van der Waals surface area contributed by atoms with Crippen molar-refractivity contribution in [1.29, 1.82) is 0 Å². The van der Waals surface area contributed by atoms with Crippen LogP contribution in [-0.4, -0.2) is 46.3 Å². The number of pyridine rings is 1. The third-order valence-corrected chi connectivity index (χ3v) is 7.01. The Balaban J connectivity index is 0.00000205.